The van der Waals surface area contributed by atoms with Crippen LogP contribution in [0.3, 0.4) is 0 Å². The minimum absolute atomic E-state index is 0.117. The Hall–Kier alpha value is -1.35. The first-order valence-corrected chi connectivity index (χ1v) is 6.52. The number of carbonyl (C=O) groups excluding carboxylic acids is 1. The largest absolute Gasteiger partial charge is 0.356 e. The molecule has 2 N–H and O–H groups in total. The van der Waals surface area contributed by atoms with Crippen molar-refractivity contribution in [1.29, 1.82) is 0 Å². The van der Waals surface area contributed by atoms with E-state index in [9.17, 15) is 4.79 Å². The van der Waals surface area contributed by atoms with Gasteiger partial charge in [0.1, 0.15) is 0 Å². The lowest BCUT2D eigenvalue weighted by Crippen LogP contribution is -2.28. The highest BCUT2D eigenvalue weighted by Crippen LogP contribution is 2.15. The smallest absolute Gasteiger partial charge is 0.221 e. The first kappa shape index (κ1) is 14.7. The van der Waals surface area contributed by atoms with Crippen molar-refractivity contribution >= 4 is 5.91 Å². The third-order valence-electron chi connectivity index (χ3n) is 3.27. The van der Waals surface area contributed by atoms with Crippen molar-refractivity contribution in [3.05, 3.63) is 34.4 Å². The van der Waals surface area contributed by atoms with E-state index in [0.29, 0.717) is 13.0 Å². The molecule has 0 aliphatic rings. The van der Waals surface area contributed by atoms with E-state index in [1.54, 1.807) is 0 Å². The molecule has 0 saturated carbocycles. The van der Waals surface area contributed by atoms with Gasteiger partial charge in [0, 0.05) is 19.5 Å². The summed E-state index contributed by atoms with van der Waals surface area (Å²) in [6, 6.07) is 4.44. The number of aryl methyl sites for hydroxylation is 3. The molecular weight excluding hydrogens is 224 g/mol. The molecule has 1 aromatic rings. The van der Waals surface area contributed by atoms with Crippen LogP contribution in [0.2, 0.25) is 0 Å². The Balaban J connectivity index is 2.44. The summed E-state index contributed by atoms with van der Waals surface area (Å²) < 4.78 is 0. The van der Waals surface area contributed by atoms with E-state index in [2.05, 4.69) is 43.5 Å². The van der Waals surface area contributed by atoms with Crippen molar-refractivity contribution in [3.8, 4) is 0 Å². The van der Waals surface area contributed by atoms with Crippen LogP contribution in [0.15, 0.2) is 12.1 Å². The highest BCUT2D eigenvalue weighted by Gasteiger charge is 2.03. The van der Waals surface area contributed by atoms with Gasteiger partial charge in [0.05, 0.1) is 0 Å². The normalized spacial score (nSPS) is 10.4. The summed E-state index contributed by atoms with van der Waals surface area (Å²) in [5, 5.41) is 5.92. The Kier molecular flexibility index (Phi) is 5.86. The molecule has 1 amide bonds. The molecule has 0 unspecified atom stereocenters. The van der Waals surface area contributed by atoms with E-state index >= 15 is 0 Å². The summed E-state index contributed by atoms with van der Waals surface area (Å²) in [4.78, 5) is 11.4. The summed E-state index contributed by atoms with van der Waals surface area (Å²) in [6.45, 7) is 7.83. The molecule has 0 aliphatic heterocycles. The molecule has 0 atom stereocenters. The fraction of sp³-hybridized carbons (Fsp3) is 0.533. The van der Waals surface area contributed by atoms with Gasteiger partial charge in [0.25, 0.3) is 0 Å². The van der Waals surface area contributed by atoms with Crippen molar-refractivity contribution < 1.29 is 4.79 Å². The Bertz CT molecular complexity index is 413. The third-order valence-corrected chi connectivity index (χ3v) is 3.27. The van der Waals surface area contributed by atoms with Crippen LogP contribution < -0.4 is 10.6 Å². The van der Waals surface area contributed by atoms with Crippen LogP contribution in [0.25, 0.3) is 0 Å². The molecule has 0 bridgehead atoms. The van der Waals surface area contributed by atoms with Crippen molar-refractivity contribution in [2.45, 2.75) is 33.6 Å². The topological polar surface area (TPSA) is 41.1 Å². The molecule has 100 valence electrons. The second-order valence-electron chi connectivity index (χ2n) is 4.82. The summed E-state index contributed by atoms with van der Waals surface area (Å²) in [7, 11) is 1.85. The maximum Gasteiger partial charge on any atom is 0.221 e. The first-order chi connectivity index (χ1) is 8.54. The van der Waals surface area contributed by atoms with E-state index < -0.39 is 0 Å². The van der Waals surface area contributed by atoms with E-state index in [0.717, 1.165) is 13.0 Å². The SMILES string of the molecule is CNCCC(=O)NCCc1cc(C)c(C)cc1C. The van der Waals surface area contributed by atoms with Crippen molar-refractivity contribution in [2.24, 2.45) is 0 Å². The average Bonchev–Trinajstić information content (AvgIpc) is 2.33. The number of rotatable bonds is 6. The van der Waals surface area contributed by atoms with E-state index in [4.69, 9.17) is 0 Å². The third kappa shape index (κ3) is 4.49. The first-order valence-electron chi connectivity index (χ1n) is 6.52. The van der Waals surface area contributed by atoms with Crippen molar-refractivity contribution in [2.75, 3.05) is 20.1 Å². The maximum absolute atomic E-state index is 11.4. The minimum Gasteiger partial charge on any atom is -0.356 e. The molecular formula is C15H24N2O. The Morgan fingerprint density at radius 2 is 1.72 bits per heavy atom. The van der Waals surface area contributed by atoms with Gasteiger partial charge in [-0.3, -0.25) is 4.79 Å². The van der Waals surface area contributed by atoms with Crippen LogP contribution in [0.1, 0.15) is 28.7 Å². The quantitative estimate of drug-likeness (QED) is 0.807. The van der Waals surface area contributed by atoms with Crippen LogP contribution in [0.4, 0.5) is 0 Å². The Labute approximate surface area is 110 Å². The number of carbonyl (C=O) groups is 1. The molecule has 3 heteroatoms. The van der Waals surface area contributed by atoms with E-state index in [1.165, 1.54) is 22.3 Å². The van der Waals surface area contributed by atoms with Crippen molar-refractivity contribution in [3.63, 3.8) is 0 Å². The summed E-state index contributed by atoms with van der Waals surface area (Å²) in [5.74, 6) is 0.117. The minimum atomic E-state index is 0.117. The fourth-order valence-electron chi connectivity index (χ4n) is 1.95. The Morgan fingerprint density at radius 1 is 1.06 bits per heavy atom. The van der Waals surface area contributed by atoms with Gasteiger partial charge >= 0.3 is 0 Å². The van der Waals surface area contributed by atoms with Crippen LogP contribution in [0, 0.1) is 20.8 Å². The van der Waals surface area contributed by atoms with Gasteiger partial charge in [0.15, 0.2) is 0 Å². The van der Waals surface area contributed by atoms with Gasteiger partial charge in [-0.05, 0) is 56.5 Å². The van der Waals surface area contributed by atoms with Crippen LogP contribution in [-0.2, 0) is 11.2 Å². The molecule has 0 heterocycles. The highest BCUT2D eigenvalue weighted by atomic mass is 16.1. The zero-order valence-electron chi connectivity index (χ0n) is 11.9. The maximum atomic E-state index is 11.4. The molecule has 0 aromatic heterocycles. The molecule has 0 aliphatic carbocycles. The Morgan fingerprint density at radius 3 is 2.39 bits per heavy atom. The van der Waals surface area contributed by atoms with Crippen LogP contribution >= 0.6 is 0 Å². The standard InChI is InChI=1S/C15H24N2O/c1-11-9-13(3)14(10-12(11)2)5-8-17-15(18)6-7-16-4/h9-10,16H,5-8H2,1-4H3,(H,17,18). The number of amides is 1. The number of hydrogen-bond donors (Lipinski definition) is 2. The highest BCUT2D eigenvalue weighted by molar-refractivity contribution is 5.76. The zero-order valence-corrected chi connectivity index (χ0v) is 11.9. The van der Waals surface area contributed by atoms with E-state index in [-0.39, 0.29) is 5.91 Å². The fourth-order valence-corrected chi connectivity index (χ4v) is 1.95. The van der Waals surface area contributed by atoms with Gasteiger partial charge in [0.2, 0.25) is 5.91 Å². The summed E-state index contributed by atoms with van der Waals surface area (Å²) >= 11 is 0. The number of nitrogens with one attached hydrogen (secondary N) is 2. The lowest BCUT2D eigenvalue weighted by Gasteiger charge is -2.10. The van der Waals surface area contributed by atoms with Crippen LogP contribution in [-0.4, -0.2) is 26.0 Å². The van der Waals surface area contributed by atoms with E-state index in [1.807, 2.05) is 7.05 Å². The molecule has 0 radical (unpaired) electrons. The average molecular weight is 248 g/mol. The van der Waals surface area contributed by atoms with Gasteiger partial charge in [-0.2, -0.15) is 0 Å². The lowest BCUT2D eigenvalue weighted by atomic mass is 9.99. The molecule has 0 fully saturated rings. The second-order valence-corrected chi connectivity index (χ2v) is 4.82. The van der Waals surface area contributed by atoms with Gasteiger partial charge in [-0.25, -0.2) is 0 Å². The lowest BCUT2D eigenvalue weighted by molar-refractivity contribution is -0.120. The number of benzene rings is 1. The molecule has 0 saturated heterocycles. The predicted octanol–water partition coefficient (Wildman–Crippen LogP) is 1.88. The summed E-state index contributed by atoms with van der Waals surface area (Å²) in [5.41, 5.74) is 5.28. The van der Waals surface area contributed by atoms with Gasteiger partial charge in [-0.1, -0.05) is 12.1 Å². The molecule has 3 nitrogen and oxygen atoms in total. The van der Waals surface area contributed by atoms with Crippen LogP contribution in [0.5, 0.6) is 0 Å². The molecule has 1 aromatic carbocycles. The zero-order chi connectivity index (χ0) is 13.5. The second kappa shape index (κ2) is 7.17. The van der Waals surface area contributed by atoms with Gasteiger partial charge in [-0.15, -0.1) is 0 Å². The molecule has 0 spiro atoms. The predicted molar refractivity (Wildman–Crippen MR) is 75.9 cm³/mol. The molecule has 18 heavy (non-hydrogen) atoms. The molecule has 1 rings (SSSR count). The number of hydrogen-bond acceptors (Lipinski definition) is 2. The van der Waals surface area contributed by atoms with Crippen molar-refractivity contribution in [1.82, 2.24) is 10.6 Å². The van der Waals surface area contributed by atoms with Gasteiger partial charge < -0.3 is 10.6 Å². The summed E-state index contributed by atoms with van der Waals surface area (Å²) in [6.07, 6.45) is 1.45. The monoisotopic (exact) mass is 248 g/mol.